The van der Waals surface area contributed by atoms with Gasteiger partial charge in [0.25, 0.3) is 5.91 Å². The van der Waals surface area contributed by atoms with Gasteiger partial charge in [0.1, 0.15) is 5.69 Å². The third kappa shape index (κ3) is 3.82. The number of anilines is 1. The Kier molecular flexibility index (Phi) is 5.12. The van der Waals surface area contributed by atoms with Gasteiger partial charge in [-0.05, 0) is 19.4 Å². The molecule has 0 saturated carbocycles. The second-order valence-electron chi connectivity index (χ2n) is 5.08. The van der Waals surface area contributed by atoms with E-state index in [1.54, 1.807) is 11.0 Å². The van der Waals surface area contributed by atoms with Crippen molar-refractivity contribution in [2.45, 2.75) is 19.4 Å². The molecule has 120 valence electrons. The summed E-state index contributed by atoms with van der Waals surface area (Å²) in [5, 5.41) is 2.92. The lowest BCUT2D eigenvalue weighted by Crippen LogP contribution is -2.41. The van der Waals surface area contributed by atoms with E-state index >= 15 is 0 Å². The van der Waals surface area contributed by atoms with Crippen LogP contribution in [0, 0.1) is 0 Å². The first-order valence-electron chi connectivity index (χ1n) is 7.16. The molecular formula is C14H20N4O3S. The Morgan fingerprint density at radius 2 is 2.36 bits per heavy atom. The second kappa shape index (κ2) is 6.87. The number of rotatable bonds is 6. The van der Waals surface area contributed by atoms with Crippen LogP contribution in [-0.4, -0.2) is 59.8 Å². The van der Waals surface area contributed by atoms with Gasteiger partial charge in [-0.3, -0.25) is 4.79 Å². The average Bonchev–Trinajstić information content (AvgIpc) is 2.86. The van der Waals surface area contributed by atoms with Crippen molar-refractivity contribution in [3.05, 3.63) is 30.6 Å². The number of amides is 1. The van der Waals surface area contributed by atoms with E-state index in [0.717, 1.165) is 0 Å². The number of carbonyl (C=O) groups is 1. The molecule has 0 bridgehead atoms. The van der Waals surface area contributed by atoms with Gasteiger partial charge in [-0.1, -0.05) is 6.08 Å². The van der Waals surface area contributed by atoms with Crippen molar-refractivity contribution in [3.8, 4) is 0 Å². The number of hydrogen-bond donors (Lipinski definition) is 1. The first-order chi connectivity index (χ1) is 10.5. The van der Waals surface area contributed by atoms with Crippen molar-refractivity contribution in [1.82, 2.24) is 14.9 Å². The van der Waals surface area contributed by atoms with Crippen LogP contribution in [0.15, 0.2) is 24.9 Å². The zero-order valence-electron chi connectivity index (χ0n) is 12.5. The topological polar surface area (TPSA) is 92.3 Å². The summed E-state index contributed by atoms with van der Waals surface area (Å²) in [5.74, 6) is 0.242. The number of aromatic nitrogens is 2. The molecule has 1 aliphatic heterocycles. The fourth-order valence-electron chi connectivity index (χ4n) is 2.46. The highest BCUT2D eigenvalue weighted by Crippen LogP contribution is 2.19. The quantitative estimate of drug-likeness (QED) is 0.775. The number of sulfone groups is 1. The number of hydrogen-bond acceptors (Lipinski definition) is 6. The highest BCUT2D eigenvalue weighted by atomic mass is 32.2. The maximum absolute atomic E-state index is 12.6. The summed E-state index contributed by atoms with van der Waals surface area (Å²) in [5.41, 5.74) is 0.257. The van der Waals surface area contributed by atoms with Crippen molar-refractivity contribution in [1.29, 1.82) is 0 Å². The standard InChI is InChI=1S/C14H20N4O3S/c1-3-7-15-14-16-8-5-12(17-14)13(19)18(4-2)11-6-9-22(20,21)10-11/h3,5,8,11H,1,4,6-7,9-10H2,2H3,(H,15,16,17). The van der Waals surface area contributed by atoms with E-state index in [9.17, 15) is 13.2 Å². The Morgan fingerprint density at radius 3 is 2.95 bits per heavy atom. The minimum Gasteiger partial charge on any atom is -0.351 e. The highest BCUT2D eigenvalue weighted by Gasteiger charge is 2.34. The van der Waals surface area contributed by atoms with Gasteiger partial charge in [0.05, 0.1) is 11.5 Å². The maximum Gasteiger partial charge on any atom is 0.272 e. The Labute approximate surface area is 130 Å². The summed E-state index contributed by atoms with van der Waals surface area (Å²) in [7, 11) is -3.04. The Balaban J connectivity index is 2.16. The summed E-state index contributed by atoms with van der Waals surface area (Å²) in [6, 6.07) is 1.26. The maximum atomic E-state index is 12.6. The summed E-state index contributed by atoms with van der Waals surface area (Å²) in [6.07, 6.45) is 3.65. The van der Waals surface area contributed by atoms with Gasteiger partial charge < -0.3 is 10.2 Å². The number of carbonyl (C=O) groups excluding carboxylic acids is 1. The number of nitrogens with one attached hydrogen (secondary N) is 1. The average molecular weight is 324 g/mol. The largest absolute Gasteiger partial charge is 0.351 e. The van der Waals surface area contributed by atoms with Crippen LogP contribution in [0.1, 0.15) is 23.8 Å². The van der Waals surface area contributed by atoms with E-state index in [0.29, 0.717) is 25.5 Å². The lowest BCUT2D eigenvalue weighted by Gasteiger charge is -2.26. The lowest BCUT2D eigenvalue weighted by molar-refractivity contribution is 0.0702. The Hall–Kier alpha value is -1.96. The summed E-state index contributed by atoms with van der Waals surface area (Å²) in [6.45, 7) is 6.36. The van der Waals surface area contributed by atoms with Crippen molar-refractivity contribution >= 4 is 21.7 Å². The van der Waals surface area contributed by atoms with Crippen LogP contribution >= 0.6 is 0 Å². The van der Waals surface area contributed by atoms with E-state index in [2.05, 4.69) is 21.9 Å². The van der Waals surface area contributed by atoms with E-state index < -0.39 is 9.84 Å². The normalized spacial score (nSPS) is 19.6. The third-order valence-corrected chi connectivity index (χ3v) is 5.28. The summed E-state index contributed by atoms with van der Waals surface area (Å²) in [4.78, 5) is 22.4. The first kappa shape index (κ1) is 16.4. The second-order valence-corrected chi connectivity index (χ2v) is 7.31. The van der Waals surface area contributed by atoms with Gasteiger partial charge in [-0.2, -0.15) is 0 Å². The van der Waals surface area contributed by atoms with Crippen LogP contribution in [0.5, 0.6) is 0 Å². The molecule has 22 heavy (non-hydrogen) atoms. The molecule has 1 aromatic rings. The molecule has 1 aliphatic rings. The molecule has 7 nitrogen and oxygen atoms in total. The van der Waals surface area contributed by atoms with Crippen LogP contribution < -0.4 is 5.32 Å². The van der Waals surface area contributed by atoms with Crippen molar-refractivity contribution in [2.75, 3.05) is 29.9 Å². The summed E-state index contributed by atoms with van der Waals surface area (Å²) >= 11 is 0. The molecule has 0 radical (unpaired) electrons. The highest BCUT2D eigenvalue weighted by molar-refractivity contribution is 7.91. The molecule has 1 aromatic heterocycles. The molecule has 1 unspecified atom stereocenters. The predicted octanol–water partition coefficient (Wildman–Crippen LogP) is 0.724. The molecule has 1 fully saturated rings. The Morgan fingerprint density at radius 1 is 1.59 bits per heavy atom. The first-order valence-corrected chi connectivity index (χ1v) is 8.98. The van der Waals surface area contributed by atoms with Crippen LogP contribution in [-0.2, 0) is 9.84 Å². The fraction of sp³-hybridized carbons (Fsp3) is 0.500. The fourth-order valence-corrected chi connectivity index (χ4v) is 4.19. The monoisotopic (exact) mass is 324 g/mol. The molecule has 2 rings (SSSR count). The van der Waals surface area contributed by atoms with Crippen LogP contribution in [0.3, 0.4) is 0 Å². The van der Waals surface area contributed by atoms with Gasteiger partial charge >= 0.3 is 0 Å². The predicted molar refractivity (Wildman–Crippen MR) is 84.5 cm³/mol. The van der Waals surface area contributed by atoms with Gasteiger partial charge in [0, 0.05) is 25.3 Å². The van der Waals surface area contributed by atoms with E-state index in [1.807, 2.05) is 6.92 Å². The molecule has 1 amide bonds. The van der Waals surface area contributed by atoms with Crippen LogP contribution in [0.2, 0.25) is 0 Å². The van der Waals surface area contributed by atoms with E-state index in [1.165, 1.54) is 12.3 Å². The molecule has 0 aromatic carbocycles. The molecule has 1 saturated heterocycles. The molecule has 0 spiro atoms. The molecule has 1 N–H and O–H groups in total. The van der Waals surface area contributed by atoms with Gasteiger partial charge in [-0.25, -0.2) is 18.4 Å². The van der Waals surface area contributed by atoms with Gasteiger partial charge in [0.2, 0.25) is 5.95 Å². The SMILES string of the molecule is C=CCNc1nccc(C(=O)N(CC)C2CCS(=O)(=O)C2)n1. The van der Waals surface area contributed by atoms with E-state index in [-0.39, 0.29) is 29.1 Å². The zero-order chi connectivity index (χ0) is 16.2. The smallest absolute Gasteiger partial charge is 0.272 e. The van der Waals surface area contributed by atoms with Gasteiger partial charge in [0.15, 0.2) is 9.84 Å². The minimum atomic E-state index is -3.04. The van der Waals surface area contributed by atoms with Crippen molar-refractivity contribution < 1.29 is 13.2 Å². The molecule has 8 heteroatoms. The van der Waals surface area contributed by atoms with Crippen molar-refractivity contribution in [2.24, 2.45) is 0 Å². The number of nitrogens with zero attached hydrogens (tertiary/aromatic N) is 3. The van der Waals surface area contributed by atoms with Gasteiger partial charge in [-0.15, -0.1) is 6.58 Å². The minimum absolute atomic E-state index is 0.0270. The van der Waals surface area contributed by atoms with Crippen molar-refractivity contribution in [3.63, 3.8) is 0 Å². The molecule has 2 heterocycles. The molecular weight excluding hydrogens is 304 g/mol. The Bertz CT molecular complexity index is 660. The summed E-state index contributed by atoms with van der Waals surface area (Å²) < 4.78 is 23.2. The molecule has 1 atom stereocenters. The lowest BCUT2D eigenvalue weighted by atomic mass is 10.2. The third-order valence-electron chi connectivity index (χ3n) is 3.53. The van der Waals surface area contributed by atoms with Crippen LogP contribution in [0.4, 0.5) is 5.95 Å². The van der Waals surface area contributed by atoms with Crippen LogP contribution in [0.25, 0.3) is 0 Å². The zero-order valence-corrected chi connectivity index (χ0v) is 13.3. The molecule has 0 aliphatic carbocycles. The van der Waals surface area contributed by atoms with E-state index in [4.69, 9.17) is 0 Å².